The second-order valence-corrected chi connectivity index (χ2v) is 8.23. The number of para-hydroxylation sites is 1. The van der Waals surface area contributed by atoms with Crippen LogP contribution in [0.4, 0.5) is 10.6 Å². The zero-order chi connectivity index (χ0) is 21.0. The van der Waals surface area contributed by atoms with Crippen molar-refractivity contribution in [2.45, 2.75) is 45.9 Å². The average Bonchev–Trinajstić information content (AvgIpc) is 2.65. The van der Waals surface area contributed by atoms with Crippen LogP contribution in [0, 0.1) is 0 Å². The number of carbonyl (C=O) groups excluding carboxylic acids is 1. The first-order chi connectivity index (χ1) is 13.7. The minimum atomic E-state index is -0.569. The highest BCUT2D eigenvalue weighted by molar-refractivity contribution is 6.35. The summed E-state index contributed by atoms with van der Waals surface area (Å²) in [5.41, 5.74) is 2.00. The molecular weight excluding hydrogens is 388 g/mol. The fourth-order valence-corrected chi connectivity index (χ4v) is 3.13. The molecule has 6 nitrogen and oxygen atoms in total. The number of nitrogens with one attached hydrogen (secondary N) is 2. The minimum Gasteiger partial charge on any atom is -0.444 e. The van der Waals surface area contributed by atoms with Crippen molar-refractivity contribution in [3.63, 3.8) is 0 Å². The third-order valence-corrected chi connectivity index (χ3v) is 4.51. The van der Waals surface area contributed by atoms with E-state index in [-0.39, 0.29) is 6.04 Å². The minimum absolute atomic E-state index is 0.322. The summed E-state index contributed by atoms with van der Waals surface area (Å²) in [6.07, 6.45) is 3.05. The Morgan fingerprint density at radius 1 is 1.24 bits per heavy atom. The van der Waals surface area contributed by atoms with Crippen molar-refractivity contribution in [2.24, 2.45) is 0 Å². The number of pyridine rings is 2. The number of ether oxygens (including phenoxy) is 1. The molecule has 2 N–H and O–H groups in total. The summed E-state index contributed by atoms with van der Waals surface area (Å²) in [6.45, 7) is 7.93. The van der Waals surface area contributed by atoms with Gasteiger partial charge in [0.15, 0.2) is 0 Å². The molecule has 0 aliphatic rings. The van der Waals surface area contributed by atoms with E-state index < -0.39 is 11.7 Å². The molecule has 0 spiro atoms. The molecule has 1 aromatic carbocycles. The van der Waals surface area contributed by atoms with Crippen molar-refractivity contribution in [3.05, 3.63) is 64.9 Å². The van der Waals surface area contributed by atoms with Crippen LogP contribution in [0.25, 0.3) is 10.9 Å². The number of fused-ring (bicyclic) bond motifs is 1. The quantitative estimate of drug-likeness (QED) is 0.580. The van der Waals surface area contributed by atoms with Crippen LogP contribution in [0.5, 0.6) is 0 Å². The van der Waals surface area contributed by atoms with E-state index in [0.717, 1.165) is 16.5 Å². The van der Waals surface area contributed by atoms with Crippen LogP contribution < -0.4 is 10.6 Å². The van der Waals surface area contributed by atoms with Crippen molar-refractivity contribution in [3.8, 4) is 0 Å². The lowest BCUT2D eigenvalue weighted by atomic mass is 10.1. The molecular formula is C22H25ClN4O2. The highest BCUT2D eigenvalue weighted by Crippen LogP contribution is 2.30. The summed E-state index contributed by atoms with van der Waals surface area (Å²) in [5, 5.41) is 7.71. The van der Waals surface area contributed by atoms with Gasteiger partial charge < -0.3 is 15.4 Å². The van der Waals surface area contributed by atoms with E-state index in [1.54, 1.807) is 12.4 Å². The molecule has 0 unspecified atom stereocenters. The van der Waals surface area contributed by atoms with Crippen molar-refractivity contribution in [2.75, 3.05) is 5.32 Å². The van der Waals surface area contributed by atoms with Gasteiger partial charge in [-0.2, -0.15) is 0 Å². The first kappa shape index (κ1) is 20.9. The number of benzene rings is 1. The first-order valence-corrected chi connectivity index (χ1v) is 9.82. The van der Waals surface area contributed by atoms with Gasteiger partial charge in [0.25, 0.3) is 0 Å². The molecule has 1 atom stereocenters. The maximum atomic E-state index is 12.2. The predicted molar refractivity (Wildman–Crippen MR) is 116 cm³/mol. The highest BCUT2D eigenvalue weighted by Gasteiger charge is 2.21. The van der Waals surface area contributed by atoms with Gasteiger partial charge in [0.2, 0.25) is 0 Å². The molecule has 1 amide bonds. The van der Waals surface area contributed by atoms with Crippen molar-refractivity contribution >= 4 is 34.4 Å². The molecule has 29 heavy (non-hydrogen) atoms. The Labute approximate surface area is 175 Å². The van der Waals surface area contributed by atoms with Gasteiger partial charge in [0.1, 0.15) is 11.4 Å². The molecule has 0 saturated heterocycles. The summed E-state index contributed by atoms with van der Waals surface area (Å²) in [5.74, 6) is 0.651. The normalized spacial score (nSPS) is 12.4. The zero-order valence-electron chi connectivity index (χ0n) is 17.0. The van der Waals surface area contributed by atoms with Gasteiger partial charge >= 0.3 is 6.09 Å². The highest BCUT2D eigenvalue weighted by atomic mass is 35.5. The lowest BCUT2D eigenvalue weighted by molar-refractivity contribution is 0.0508. The molecule has 7 heteroatoms. The van der Waals surface area contributed by atoms with E-state index in [1.165, 1.54) is 0 Å². The standard InChI is InChI=1S/C22H25ClN4O2/c1-14(26-21(28)29-22(2,3)4)17-11-16-8-5-9-18(23)19(16)27-20(17)25-13-15-7-6-10-24-12-15/h5-12,14H,13H2,1-4H3,(H,25,27)(H,26,28)/t14-/m0/s1. The topological polar surface area (TPSA) is 76.1 Å². The van der Waals surface area contributed by atoms with Crippen LogP contribution in [-0.2, 0) is 11.3 Å². The van der Waals surface area contributed by atoms with Crippen LogP contribution >= 0.6 is 11.6 Å². The van der Waals surface area contributed by atoms with Crippen molar-refractivity contribution < 1.29 is 9.53 Å². The average molecular weight is 413 g/mol. The van der Waals surface area contributed by atoms with Gasteiger partial charge in [-0.05, 0) is 51.5 Å². The van der Waals surface area contributed by atoms with Gasteiger partial charge in [-0.15, -0.1) is 0 Å². The lowest BCUT2D eigenvalue weighted by Crippen LogP contribution is -2.34. The van der Waals surface area contributed by atoms with Gasteiger partial charge in [0, 0.05) is 29.9 Å². The summed E-state index contributed by atoms with van der Waals surface area (Å²) >= 11 is 6.35. The molecule has 3 aromatic rings. The van der Waals surface area contributed by atoms with Crippen molar-refractivity contribution in [1.29, 1.82) is 0 Å². The van der Waals surface area contributed by atoms with Gasteiger partial charge in [0.05, 0.1) is 16.6 Å². The number of aromatic nitrogens is 2. The number of nitrogens with zero attached hydrogens (tertiary/aromatic N) is 2. The van der Waals surface area contributed by atoms with Crippen LogP contribution in [0.2, 0.25) is 5.02 Å². The largest absolute Gasteiger partial charge is 0.444 e. The monoisotopic (exact) mass is 412 g/mol. The number of carbonyl (C=O) groups is 1. The van der Waals surface area contributed by atoms with E-state index in [2.05, 4.69) is 15.6 Å². The maximum Gasteiger partial charge on any atom is 0.408 e. The van der Waals surface area contributed by atoms with Crippen molar-refractivity contribution in [1.82, 2.24) is 15.3 Å². The maximum absolute atomic E-state index is 12.2. The summed E-state index contributed by atoms with van der Waals surface area (Å²) in [4.78, 5) is 21.1. The fraction of sp³-hybridized carbons (Fsp3) is 0.318. The third kappa shape index (κ3) is 5.57. The van der Waals surface area contributed by atoms with Crippen LogP contribution in [0.15, 0.2) is 48.8 Å². The fourth-order valence-electron chi connectivity index (χ4n) is 2.90. The molecule has 0 fully saturated rings. The Balaban J connectivity index is 1.91. The number of anilines is 1. The second kappa shape index (κ2) is 8.66. The third-order valence-electron chi connectivity index (χ3n) is 4.21. The Morgan fingerprint density at radius 2 is 2.03 bits per heavy atom. The number of amides is 1. The molecule has 0 bridgehead atoms. The molecule has 0 aliphatic carbocycles. The zero-order valence-corrected chi connectivity index (χ0v) is 17.7. The molecule has 3 rings (SSSR count). The summed E-state index contributed by atoms with van der Waals surface area (Å²) in [7, 11) is 0. The number of halogens is 1. The van der Waals surface area contributed by atoms with Crippen LogP contribution in [0.3, 0.4) is 0 Å². The molecule has 2 aromatic heterocycles. The Hall–Kier alpha value is -2.86. The predicted octanol–water partition coefficient (Wildman–Crippen LogP) is 5.48. The smallest absolute Gasteiger partial charge is 0.408 e. The van der Waals surface area contributed by atoms with Gasteiger partial charge in [-0.1, -0.05) is 29.8 Å². The second-order valence-electron chi connectivity index (χ2n) is 7.82. The molecule has 0 radical (unpaired) electrons. The van der Waals surface area contributed by atoms with Gasteiger partial charge in [-0.25, -0.2) is 9.78 Å². The number of hydrogen-bond donors (Lipinski definition) is 2. The van der Waals surface area contributed by atoms with E-state index in [4.69, 9.17) is 21.3 Å². The first-order valence-electron chi connectivity index (χ1n) is 9.44. The number of rotatable bonds is 5. The number of hydrogen-bond acceptors (Lipinski definition) is 5. The van der Waals surface area contributed by atoms with E-state index >= 15 is 0 Å². The van der Waals surface area contributed by atoms with E-state index in [1.807, 2.05) is 64.1 Å². The Morgan fingerprint density at radius 3 is 2.72 bits per heavy atom. The van der Waals surface area contributed by atoms with Gasteiger partial charge in [-0.3, -0.25) is 4.98 Å². The van der Waals surface area contributed by atoms with E-state index in [0.29, 0.717) is 22.9 Å². The summed E-state index contributed by atoms with van der Waals surface area (Å²) in [6, 6.07) is 11.2. The molecule has 0 aliphatic heterocycles. The summed E-state index contributed by atoms with van der Waals surface area (Å²) < 4.78 is 5.39. The number of alkyl carbamates (subject to hydrolysis) is 1. The van der Waals surface area contributed by atoms with Crippen LogP contribution in [-0.4, -0.2) is 21.7 Å². The van der Waals surface area contributed by atoms with E-state index in [9.17, 15) is 4.79 Å². The molecule has 2 heterocycles. The Kier molecular flexibility index (Phi) is 6.23. The van der Waals surface area contributed by atoms with Crippen LogP contribution in [0.1, 0.15) is 44.9 Å². The lowest BCUT2D eigenvalue weighted by Gasteiger charge is -2.23. The SMILES string of the molecule is C[C@H](NC(=O)OC(C)(C)C)c1cc2cccc(Cl)c2nc1NCc1cccnc1. The molecule has 0 saturated carbocycles. The molecule has 152 valence electrons. The Bertz CT molecular complexity index is 1000.